The molecule has 5 nitrogen and oxygen atoms in total. The molecule has 3 aliphatic carbocycles. The van der Waals surface area contributed by atoms with Gasteiger partial charge in [-0.2, -0.15) is 5.01 Å². The summed E-state index contributed by atoms with van der Waals surface area (Å²) >= 11 is 7.84. The van der Waals surface area contributed by atoms with E-state index in [0.29, 0.717) is 0 Å². The molecule has 2 aromatic carbocycles. The predicted octanol–water partition coefficient (Wildman–Crippen LogP) is 3.58. The average molecular weight is 518 g/mol. The number of amides is 3. The number of carbonyl (C=O) groups is 3. The second-order valence-electron chi connectivity index (χ2n) is 8.11. The Kier molecular flexibility index (Phi) is 3.94. The molecule has 1 N–H and O–H groups in total. The minimum Gasteiger partial charge on any atom is -0.273 e. The summed E-state index contributed by atoms with van der Waals surface area (Å²) in [5.74, 6) is -2.84. The van der Waals surface area contributed by atoms with Crippen LogP contribution < -0.4 is 5.43 Å². The number of benzene rings is 2. The lowest BCUT2D eigenvalue weighted by atomic mass is 9.54. The first kappa shape index (κ1) is 19.0. The van der Waals surface area contributed by atoms with Gasteiger partial charge in [-0.25, -0.2) is 0 Å². The van der Waals surface area contributed by atoms with Crippen LogP contribution in [0.5, 0.6) is 0 Å². The average Bonchev–Trinajstić information content (AvgIpc) is 2.97. The molecule has 0 unspecified atom stereocenters. The van der Waals surface area contributed by atoms with Crippen molar-refractivity contribution in [2.45, 2.75) is 22.5 Å². The van der Waals surface area contributed by atoms with Crippen LogP contribution >= 0.6 is 31.9 Å². The van der Waals surface area contributed by atoms with Crippen LogP contribution in [0.4, 0.5) is 0 Å². The largest absolute Gasteiger partial charge is 0.273 e. The molecule has 1 saturated heterocycles. The zero-order valence-corrected chi connectivity index (χ0v) is 19.0. The Balaban J connectivity index is 1.77. The van der Waals surface area contributed by atoms with Crippen molar-refractivity contribution in [3.05, 3.63) is 70.8 Å². The van der Waals surface area contributed by atoms with Crippen molar-refractivity contribution in [1.29, 1.82) is 0 Å². The molecule has 3 amide bonds. The second-order valence-corrected chi connectivity index (χ2v) is 10.6. The van der Waals surface area contributed by atoms with E-state index in [9.17, 15) is 14.4 Å². The van der Waals surface area contributed by atoms with Crippen LogP contribution in [0.2, 0.25) is 0 Å². The van der Waals surface area contributed by atoms with E-state index < -0.39 is 32.3 Å². The van der Waals surface area contributed by atoms with Gasteiger partial charge in [0.05, 0.1) is 20.5 Å². The first-order valence-electron chi connectivity index (χ1n) is 9.50. The van der Waals surface area contributed by atoms with E-state index in [2.05, 4.69) is 37.3 Å². The number of alkyl halides is 2. The number of hydrazine groups is 1. The van der Waals surface area contributed by atoms with Gasteiger partial charge in [-0.1, -0.05) is 94.2 Å². The molecule has 0 aromatic heterocycles. The minimum absolute atomic E-state index is 0.347. The van der Waals surface area contributed by atoms with E-state index in [1.165, 1.54) is 0 Å². The molecule has 148 valence electrons. The van der Waals surface area contributed by atoms with Crippen molar-refractivity contribution in [1.82, 2.24) is 10.4 Å². The number of hydrogen-bond donors (Lipinski definition) is 1. The van der Waals surface area contributed by atoms with Crippen LogP contribution in [0.15, 0.2) is 48.5 Å². The molecule has 0 radical (unpaired) electrons. The Labute approximate surface area is 185 Å². The summed E-state index contributed by atoms with van der Waals surface area (Å²) < 4.78 is -1.69. The molecule has 2 bridgehead atoms. The van der Waals surface area contributed by atoms with Gasteiger partial charge in [-0.05, 0) is 22.3 Å². The van der Waals surface area contributed by atoms with Gasteiger partial charge in [-0.15, -0.1) is 0 Å². The monoisotopic (exact) mass is 516 g/mol. The maximum absolute atomic E-state index is 13.5. The van der Waals surface area contributed by atoms with Crippen LogP contribution in [0.25, 0.3) is 0 Å². The van der Waals surface area contributed by atoms with Crippen molar-refractivity contribution in [3.63, 3.8) is 0 Å². The van der Waals surface area contributed by atoms with Crippen molar-refractivity contribution in [2.24, 2.45) is 17.8 Å². The Morgan fingerprint density at radius 3 is 1.52 bits per heavy atom. The lowest BCUT2D eigenvalue weighted by Gasteiger charge is -2.55. The number of carbonyl (C=O) groups excluding carboxylic acids is 3. The number of hydrogen-bond acceptors (Lipinski definition) is 3. The molecule has 6 rings (SSSR count). The van der Waals surface area contributed by atoms with Gasteiger partial charge in [0.2, 0.25) is 5.91 Å². The number of nitrogens with one attached hydrogen (secondary N) is 1. The molecular formula is C22H18Br2N2O3. The lowest BCUT2D eigenvalue weighted by Crippen LogP contribution is -2.56. The molecule has 2 atom stereocenters. The molecule has 7 heteroatoms. The first-order chi connectivity index (χ1) is 13.7. The fourth-order valence-electron chi connectivity index (χ4n) is 5.02. The van der Waals surface area contributed by atoms with Gasteiger partial charge >= 0.3 is 0 Å². The number of halogens is 2. The van der Waals surface area contributed by atoms with Crippen LogP contribution in [-0.2, 0) is 23.0 Å². The van der Waals surface area contributed by atoms with Gasteiger partial charge in [0, 0.05) is 5.92 Å². The Bertz CT molecular complexity index is 975. The van der Waals surface area contributed by atoms with E-state index in [-0.39, 0.29) is 11.8 Å². The smallest absolute Gasteiger partial charge is 0.254 e. The third-order valence-electron chi connectivity index (χ3n) is 6.33. The van der Waals surface area contributed by atoms with Gasteiger partial charge in [-0.3, -0.25) is 19.8 Å². The van der Waals surface area contributed by atoms with E-state index in [1.807, 2.05) is 48.5 Å². The first-order valence-corrected chi connectivity index (χ1v) is 11.1. The van der Waals surface area contributed by atoms with Crippen LogP contribution in [-0.4, -0.2) is 22.7 Å². The van der Waals surface area contributed by atoms with Gasteiger partial charge in [0.15, 0.2) is 0 Å². The molecule has 0 spiro atoms. The zero-order chi connectivity index (χ0) is 20.7. The molecule has 1 fully saturated rings. The standard InChI is InChI=1S/C22H18Br2N2O3/c1-11(2)18(27)25-26-19(28)16-17(20(26)29)22(24)13-8-4-3-7-12(13)21(16,23)14-9-5-6-10-15(14)22/h3-11,16-17H,1-2H3,(H,25,27)/t16-,17-,21?,22?/m1/s1. The summed E-state index contributed by atoms with van der Waals surface area (Å²) in [5, 5.41) is 0.932. The molecule has 2 aromatic rings. The highest BCUT2D eigenvalue weighted by molar-refractivity contribution is 9.10. The Hall–Kier alpha value is -1.99. The van der Waals surface area contributed by atoms with Crippen molar-refractivity contribution >= 4 is 49.6 Å². The topological polar surface area (TPSA) is 66.5 Å². The van der Waals surface area contributed by atoms with Gasteiger partial charge < -0.3 is 0 Å². The van der Waals surface area contributed by atoms with Crippen LogP contribution in [0.3, 0.4) is 0 Å². The normalized spacial score (nSPS) is 31.6. The quantitative estimate of drug-likeness (QED) is 0.489. The maximum Gasteiger partial charge on any atom is 0.254 e. The number of rotatable bonds is 2. The third-order valence-corrected chi connectivity index (χ3v) is 9.03. The van der Waals surface area contributed by atoms with E-state index in [0.717, 1.165) is 27.3 Å². The summed E-state index contributed by atoms with van der Waals surface area (Å²) in [6.07, 6.45) is 0. The molecule has 1 heterocycles. The van der Waals surface area contributed by atoms with Crippen molar-refractivity contribution in [2.75, 3.05) is 0 Å². The Morgan fingerprint density at radius 2 is 1.21 bits per heavy atom. The SMILES string of the molecule is CC(C)C(=O)NN1C(=O)[C@H]2[C@H](C1=O)C1(Br)c3ccccc3C2(Br)c2ccccc21. The van der Waals surface area contributed by atoms with Crippen molar-refractivity contribution in [3.8, 4) is 0 Å². The van der Waals surface area contributed by atoms with E-state index in [1.54, 1.807) is 13.8 Å². The molecule has 0 saturated carbocycles. The van der Waals surface area contributed by atoms with E-state index in [4.69, 9.17) is 0 Å². The molecular weight excluding hydrogens is 500 g/mol. The molecule has 4 aliphatic rings. The maximum atomic E-state index is 13.5. The lowest BCUT2D eigenvalue weighted by molar-refractivity contribution is -0.150. The summed E-state index contributed by atoms with van der Waals surface area (Å²) in [5.41, 5.74) is 6.42. The zero-order valence-electron chi connectivity index (χ0n) is 15.8. The highest BCUT2D eigenvalue weighted by atomic mass is 79.9. The Morgan fingerprint density at radius 1 is 0.862 bits per heavy atom. The second kappa shape index (κ2) is 6.01. The fourth-order valence-corrected chi connectivity index (χ4v) is 7.32. The van der Waals surface area contributed by atoms with Crippen molar-refractivity contribution < 1.29 is 14.4 Å². The minimum atomic E-state index is -0.843. The summed E-state index contributed by atoms with van der Waals surface area (Å²) in [7, 11) is 0. The fraction of sp³-hybridized carbons (Fsp3) is 0.318. The van der Waals surface area contributed by atoms with Crippen LogP contribution in [0.1, 0.15) is 36.1 Å². The molecule has 29 heavy (non-hydrogen) atoms. The van der Waals surface area contributed by atoms with Crippen LogP contribution in [0, 0.1) is 17.8 Å². The van der Waals surface area contributed by atoms with Gasteiger partial charge in [0.1, 0.15) is 0 Å². The third kappa shape index (κ3) is 2.12. The summed E-state index contributed by atoms with van der Waals surface area (Å²) in [6.45, 7) is 3.45. The van der Waals surface area contributed by atoms with Gasteiger partial charge in [0.25, 0.3) is 11.8 Å². The predicted molar refractivity (Wildman–Crippen MR) is 114 cm³/mol. The number of imide groups is 1. The number of nitrogens with zero attached hydrogens (tertiary/aromatic N) is 1. The summed E-state index contributed by atoms with van der Waals surface area (Å²) in [4.78, 5) is 39.3. The van der Waals surface area contributed by atoms with E-state index >= 15 is 0 Å². The summed E-state index contributed by atoms with van der Waals surface area (Å²) in [6, 6.07) is 15.8. The highest BCUT2D eigenvalue weighted by Crippen LogP contribution is 2.70. The highest BCUT2D eigenvalue weighted by Gasteiger charge is 2.72. The molecule has 1 aliphatic heterocycles.